The van der Waals surface area contributed by atoms with Gasteiger partial charge in [-0.25, -0.2) is 9.59 Å². The van der Waals surface area contributed by atoms with Crippen LogP contribution in [0, 0.1) is 0 Å². The van der Waals surface area contributed by atoms with Crippen LogP contribution in [0.4, 0.5) is 0 Å². The molecule has 0 bridgehead atoms. The largest absolute Gasteiger partial charge is 0.465 e. The summed E-state index contributed by atoms with van der Waals surface area (Å²) in [4.78, 5) is 23.5. The molecule has 0 saturated heterocycles. The summed E-state index contributed by atoms with van der Waals surface area (Å²) < 4.78 is 9.58. The van der Waals surface area contributed by atoms with Gasteiger partial charge in [0.2, 0.25) is 0 Å². The number of carbonyl (C=O) groups is 2. The van der Waals surface area contributed by atoms with Crippen LogP contribution in [0.3, 0.4) is 0 Å². The summed E-state index contributed by atoms with van der Waals surface area (Å²) in [6.07, 6.45) is 0.695. The van der Waals surface area contributed by atoms with E-state index in [-0.39, 0.29) is 11.9 Å². The predicted molar refractivity (Wildman–Crippen MR) is 77.4 cm³/mol. The van der Waals surface area contributed by atoms with Gasteiger partial charge in [-0.05, 0) is 46.9 Å². The van der Waals surface area contributed by atoms with Crippen molar-refractivity contribution in [2.75, 3.05) is 14.2 Å². The van der Waals surface area contributed by atoms with Crippen LogP contribution in [0.15, 0.2) is 36.4 Å². The van der Waals surface area contributed by atoms with Crippen molar-refractivity contribution in [1.82, 2.24) is 0 Å². The Bertz CT molecular complexity index is 746. The van der Waals surface area contributed by atoms with Crippen molar-refractivity contribution >= 4 is 11.9 Å². The summed E-state index contributed by atoms with van der Waals surface area (Å²) in [7, 11) is 2.73. The zero-order chi connectivity index (χ0) is 15.0. The highest BCUT2D eigenvalue weighted by atomic mass is 16.5. The minimum absolute atomic E-state index is 0.350. The summed E-state index contributed by atoms with van der Waals surface area (Å²) in [5, 5.41) is 0. The Morgan fingerprint density at radius 1 is 0.952 bits per heavy atom. The second-order valence-electron chi connectivity index (χ2n) is 4.87. The lowest BCUT2D eigenvalue weighted by atomic mass is 9.99. The maximum absolute atomic E-state index is 11.9. The molecule has 0 aromatic heterocycles. The van der Waals surface area contributed by atoms with Crippen LogP contribution in [0.5, 0.6) is 0 Å². The van der Waals surface area contributed by atoms with Crippen LogP contribution >= 0.6 is 0 Å². The van der Waals surface area contributed by atoms with Gasteiger partial charge in [0.15, 0.2) is 0 Å². The summed E-state index contributed by atoms with van der Waals surface area (Å²) in [6.45, 7) is 0. The Balaban J connectivity index is 2.14. The van der Waals surface area contributed by atoms with E-state index in [2.05, 4.69) is 0 Å². The van der Waals surface area contributed by atoms with Gasteiger partial charge in [-0.15, -0.1) is 0 Å². The van der Waals surface area contributed by atoms with Crippen molar-refractivity contribution in [2.45, 2.75) is 6.42 Å². The Kier molecular flexibility index (Phi) is 3.22. The molecule has 0 radical (unpaired) electrons. The van der Waals surface area contributed by atoms with E-state index in [4.69, 9.17) is 9.47 Å². The average Bonchev–Trinajstić information content (AvgIpc) is 2.90. The Hall–Kier alpha value is -2.62. The fourth-order valence-electron chi connectivity index (χ4n) is 2.78. The van der Waals surface area contributed by atoms with Crippen LogP contribution in [0.25, 0.3) is 11.1 Å². The number of hydrogen-bond acceptors (Lipinski definition) is 4. The average molecular weight is 282 g/mol. The van der Waals surface area contributed by atoms with E-state index in [1.807, 2.05) is 24.3 Å². The molecule has 106 valence electrons. The number of carbonyl (C=O) groups excluding carboxylic acids is 2. The predicted octanol–water partition coefficient (Wildman–Crippen LogP) is 2.83. The number of benzene rings is 2. The SMILES string of the molecule is COC(=O)c1ccc2c(c1)Cc1cccc(C(=O)OC)c1-2. The standard InChI is InChI=1S/C17H14O4/c1-20-16(18)11-6-7-13-12(9-11)8-10-4-3-5-14(15(10)13)17(19)21-2/h3-7,9H,8H2,1-2H3. The smallest absolute Gasteiger partial charge is 0.338 e. The highest BCUT2D eigenvalue weighted by Crippen LogP contribution is 2.39. The van der Waals surface area contributed by atoms with Crippen molar-refractivity contribution in [3.63, 3.8) is 0 Å². The van der Waals surface area contributed by atoms with Gasteiger partial charge in [0, 0.05) is 0 Å². The van der Waals surface area contributed by atoms with Gasteiger partial charge >= 0.3 is 11.9 Å². The zero-order valence-corrected chi connectivity index (χ0v) is 11.8. The second kappa shape index (κ2) is 5.05. The monoisotopic (exact) mass is 282 g/mol. The molecule has 2 aromatic rings. The summed E-state index contributed by atoms with van der Waals surface area (Å²) >= 11 is 0. The number of hydrogen-bond donors (Lipinski definition) is 0. The number of esters is 2. The van der Waals surface area contributed by atoms with Crippen molar-refractivity contribution in [3.8, 4) is 11.1 Å². The van der Waals surface area contributed by atoms with Crippen LogP contribution in [0.1, 0.15) is 31.8 Å². The molecule has 0 heterocycles. The molecule has 3 rings (SSSR count). The van der Waals surface area contributed by atoms with E-state index in [1.54, 1.807) is 12.1 Å². The summed E-state index contributed by atoms with van der Waals surface area (Å²) in [5.74, 6) is -0.710. The molecule has 0 aliphatic heterocycles. The first-order valence-electron chi connectivity index (χ1n) is 6.57. The molecule has 4 heteroatoms. The van der Waals surface area contributed by atoms with E-state index in [1.165, 1.54) is 14.2 Å². The molecular weight excluding hydrogens is 268 g/mol. The quantitative estimate of drug-likeness (QED) is 0.678. The van der Waals surface area contributed by atoms with E-state index >= 15 is 0 Å². The maximum atomic E-state index is 11.9. The third-order valence-corrected chi connectivity index (χ3v) is 3.73. The minimum Gasteiger partial charge on any atom is -0.465 e. The molecule has 21 heavy (non-hydrogen) atoms. The summed E-state index contributed by atoms with van der Waals surface area (Å²) in [6, 6.07) is 11.0. The molecule has 0 atom stereocenters. The van der Waals surface area contributed by atoms with Crippen molar-refractivity contribution < 1.29 is 19.1 Å². The zero-order valence-electron chi connectivity index (χ0n) is 11.8. The highest BCUT2D eigenvalue weighted by Gasteiger charge is 2.25. The molecule has 1 aliphatic carbocycles. The van der Waals surface area contributed by atoms with Crippen molar-refractivity contribution in [1.29, 1.82) is 0 Å². The van der Waals surface area contributed by atoms with Gasteiger partial charge in [-0.1, -0.05) is 18.2 Å². The molecule has 0 unspecified atom stereocenters. The Morgan fingerprint density at radius 3 is 2.43 bits per heavy atom. The van der Waals surface area contributed by atoms with Crippen LogP contribution < -0.4 is 0 Å². The van der Waals surface area contributed by atoms with E-state index in [9.17, 15) is 9.59 Å². The van der Waals surface area contributed by atoms with E-state index < -0.39 is 0 Å². The Labute approximate surface area is 122 Å². The highest BCUT2D eigenvalue weighted by molar-refractivity contribution is 6.00. The minimum atomic E-state index is -0.359. The topological polar surface area (TPSA) is 52.6 Å². The molecule has 0 fully saturated rings. The van der Waals surface area contributed by atoms with Gasteiger partial charge in [-0.2, -0.15) is 0 Å². The lowest BCUT2D eigenvalue weighted by Gasteiger charge is -2.08. The van der Waals surface area contributed by atoms with Crippen LogP contribution in [0.2, 0.25) is 0 Å². The van der Waals surface area contributed by atoms with Gasteiger partial charge in [0.1, 0.15) is 0 Å². The summed E-state index contributed by atoms with van der Waals surface area (Å²) in [5.41, 5.74) is 5.02. The molecule has 4 nitrogen and oxygen atoms in total. The normalized spacial score (nSPS) is 11.5. The van der Waals surface area contributed by atoms with E-state index in [0.29, 0.717) is 17.5 Å². The Morgan fingerprint density at radius 2 is 1.71 bits per heavy atom. The third-order valence-electron chi connectivity index (χ3n) is 3.73. The van der Waals surface area contributed by atoms with Crippen molar-refractivity contribution in [2.24, 2.45) is 0 Å². The lowest BCUT2D eigenvalue weighted by Crippen LogP contribution is -2.04. The number of ether oxygens (including phenoxy) is 2. The number of fused-ring (bicyclic) bond motifs is 3. The molecule has 0 saturated carbocycles. The molecular formula is C17H14O4. The first-order chi connectivity index (χ1) is 10.2. The maximum Gasteiger partial charge on any atom is 0.338 e. The molecule has 2 aromatic carbocycles. The van der Waals surface area contributed by atoms with Gasteiger partial charge in [0.05, 0.1) is 25.3 Å². The van der Waals surface area contributed by atoms with Gasteiger partial charge in [0.25, 0.3) is 0 Å². The first kappa shape index (κ1) is 13.4. The third kappa shape index (κ3) is 2.09. The number of rotatable bonds is 2. The van der Waals surface area contributed by atoms with Crippen LogP contribution in [-0.2, 0) is 15.9 Å². The van der Waals surface area contributed by atoms with Crippen molar-refractivity contribution in [3.05, 3.63) is 58.7 Å². The second-order valence-corrected chi connectivity index (χ2v) is 4.87. The van der Waals surface area contributed by atoms with E-state index in [0.717, 1.165) is 22.3 Å². The van der Waals surface area contributed by atoms with Crippen LogP contribution in [-0.4, -0.2) is 26.2 Å². The molecule has 1 aliphatic rings. The van der Waals surface area contributed by atoms with Gasteiger partial charge < -0.3 is 9.47 Å². The lowest BCUT2D eigenvalue weighted by molar-refractivity contribution is 0.0592. The first-order valence-corrected chi connectivity index (χ1v) is 6.57. The molecule has 0 spiro atoms. The number of methoxy groups -OCH3 is 2. The molecule has 0 amide bonds. The fourth-order valence-corrected chi connectivity index (χ4v) is 2.78. The fraction of sp³-hybridized carbons (Fsp3) is 0.176. The van der Waals surface area contributed by atoms with Gasteiger partial charge in [-0.3, -0.25) is 0 Å². The molecule has 0 N–H and O–H groups in total.